The van der Waals surface area contributed by atoms with Gasteiger partial charge in [0.2, 0.25) is 0 Å². The molecular formula is C19H26N2O4. The molecule has 0 aromatic heterocycles. The number of hydrogen-bond acceptors (Lipinski definition) is 5. The van der Waals surface area contributed by atoms with Crippen molar-refractivity contribution in [3.05, 3.63) is 29.8 Å². The van der Waals surface area contributed by atoms with Gasteiger partial charge < -0.3 is 9.47 Å². The second-order valence-electron chi connectivity index (χ2n) is 6.82. The Hall–Kier alpha value is -2.08. The van der Waals surface area contributed by atoms with E-state index in [1.165, 1.54) is 7.11 Å². The van der Waals surface area contributed by atoms with Crippen LogP contribution in [0.15, 0.2) is 24.3 Å². The van der Waals surface area contributed by atoms with E-state index in [4.69, 9.17) is 9.47 Å². The number of ether oxygens (including phenoxy) is 2. The quantitative estimate of drug-likeness (QED) is 0.849. The molecule has 0 aliphatic carbocycles. The van der Waals surface area contributed by atoms with Crippen LogP contribution in [0.25, 0.3) is 0 Å². The molecule has 2 saturated heterocycles. The molecule has 3 rings (SSSR count). The topological polar surface area (TPSA) is 67.9 Å². The summed E-state index contributed by atoms with van der Waals surface area (Å²) in [7, 11) is 3.58. The normalized spacial score (nSPS) is 28.4. The summed E-state index contributed by atoms with van der Waals surface area (Å²) in [5, 5.41) is 2.69. The van der Waals surface area contributed by atoms with Crippen molar-refractivity contribution in [3.63, 3.8) is 0 Å². The number of methoxy groups -OCH3 is 1. The van der Waals surface area contributed by atoms with Gasteiger partial charge in [0.05, 0.1) is 19.6 Å². The van der Waals surface area contributed by atoms with Crippen LogP contribution < -0.4 is 5.32 Å². The molecule has 4 atom stereocenters. The lowest BCUT2D eigenvalue weighted by Crippen LogP contribution is -2.49. The van der Waals surface area contributed by atoms with Crippen molar-refractivity contribution in [1.82, 2.24) is 4.90 Å². The van der Waals surface area contributed by atoms with E-state index < -0.39 is 6.09 Å². The van der Waals surface area contributed by atoms with Crippen LogP contribution in [0.4, 0.5) is 10.5 Å². The number of anilines is 1. The van der Waals surface area contributed by atoms with Crippen LogP contribution in [0.1, 0.15) is 37.7 Å². The number of nitrogens with zero attached hydrogens (tertiary/aromatic N) is 1. The van der Waals surface area contributed by atoms with Crippen molar-refractivity contribution in [1.29, 1.82) is 0 Å². The molecule has 2 aliphatic heterocycles. The van der Waals surface area contributed by atoms with Gasteiger partial charge in [0.1, 0.15) is 0 Å². The van der Waals surface area contributed by atoms with Gasteiger partial charge in [0, 0.05) is 23.7 Å². The first-order valence-corrected chi connectivity index (χ1v) is 8.88. The van der Waals surface area contributed by atoms with Crippen molar-refractivity contribution in [3.8, 4) is 0 Å². The number of esters is 1. The predicted molar refractivity (Wildman–Crippen MR) is 94.5 cm³/mol. The smallest absolute Gasteiger partial charge is 0.411 e. The lowest BCUT2D eigenvalue weighted by molar-refractivity contribution is -0.150. The van der Waals surface area contributed by atoms with Crippen LogP contribution in [-0.4, -0.2) is 49.8 Å². The molecule has 0 spiro atoms. The second kappa shape index (κ2) is 7.44. The number of carbonyl (C=O) groups is 2. The zero-order valence-corrected chi connectivity index (χ0v) is 15.0. The van der Waals surface area contributed by atoms with Crippen LogP contribution in [-0.2, 0) is 14.3 Å². The predicted octanol–water partition coefficient (Wildman–Crippen LogP) is 2.99. The third kappa shape index (κ3) is 3.49. The van der Waals surface area contributed by atoms with Gasteiger partial charge in [-0.05, 0) is 50.9 Å². The summed E-state index contributed by atoms with van der Waals surface area (Å²) >= 11 is 0. The minimum atomic E-state index is -0.458. The molecule has 0 radical (unpaired) electrons. The van der Waals surface area contributed by atoms with E-state index in [9.17, 15) is 9.59 Å². The number of piperidine rings is 1. The highest BCUT2D eigenvalue weighted by atomic mass is 16.5. The first kappa shape index (κ1) is 17.7. The average Bonchev–Trinajstić information content (AvgIpc) is 2.84. The number of fused-ring (bicyclic) bond motifs is 2. The Morgan fingerprint density at radius 2 is 1.96 bits per heavy atom. The molecule has 2 bridgehead atoms. The molecule has 1 aromatic rings. The first-order valence-electron chi connectivity index (χ1n) is 8.88. The number of carbonyl (C=O) groups excluding carboxylic acids is 2. The monoisotopic (exact) mass is 346 g/mol. The van der Waals surface area contributed by atoms with Crippen molar-refractivity contribution < 1.29 is 19.1 Å². The number of benzene rings is 1. The van der Waals surface area contributed by atoms with Gasteiger partial charge >= 0.3 is 12.1 Å². The molecule has 2 aliphatic rings. The van der Waals surface area contributed by atoms with Crippen LogP contribution in [0.3, 0.4) is 0 Å². The van der Waals surface area contributed by atoms with E-state index in [1.54, 1.807) is 6.92 Å². The minimum Gasteiger partial charge on any atom is -0.469 e. The molecule has 1 amide bonds. The van der Waals surface area contributed by atoms with Crippen LogP contribution in [0, 0.1) is 5.92 Å². The highest BCUT2D eigenvalue weighted by Crippen LogP contribution is 2.46. The maximum absolute atomic E-state index is 12.4. The van der Waals surface area contributed by atoms with Gasteiger partial charge in [-0.1, -0.05) is 12.1 Å². The van der Waals surface area contributed by atoms with E-state index in [1.807, 2.05) is 24.3 Å². The summed E-state index contributed by atoms with van der Waals surface area (Å²) in [5.41, 5.74) is 1.81. The zero-order chi connectivity index (χ0) is 18.0. The Bertz CT molecular complexity index is 631. The fourth-order valence-electron chi connectivity index (χ4n) is 4.37. The second-order valence-corrected chi connectivity index (χ2v) is 6.82. The zero-order valence-electron chi connectivity index (χ0n) is 15.0. The largest absolute Gasteiger partial charge is 0.469 e. The maximum atomic E-state index is 12.4. The van der Waals surface area contributed by atoms with Gasteiger partial charge in [0.15, 0.2) is 0 Å². The van der Waals surface area contributed by atoms with Crippen LogP contribution >= 0.6 is 0 Å². The minimum absolute atomic E-state index is 0.129. The first-order chi connectivity index (χ1) is 12.0. The molecule has 0 saturated carbocycles. The van der Waals surface area contributed by atoms with Crippen LogP contribution in [0.5, 0.6) is 0 Å². The lowest BCUT2D eigenvalue weighted by atomic mass is 9.76. The van der Waals surface area contributed by atoms with Crippen molar-refractivity contribution >= 4 is 17.7 Å². The molecule has 1 unspecified atom stereocenters. The SMILES string of the molecule is CCOC(=O)Nc1ccc([C@H]2C[C@H]3CCC([C@H]2C(=O)OC)N3C)cc1. The summed E-state index contributed by atoms with van der Waals surface area (Å²) in [6.45, 7) is 2.10. The van der Waals surface area contributed by atoms with Gasteiger partial charge in [0.25, 0.3) is 0 Å². The van der Waals surface area contributed by atoms with Crippen molar-refractivity contribution in [2.24, 2.45) is 5.92 Å². The highest BCUT2D eigenvalue weighted by Gasteiger charge is 2.49. The number of hydrogen-bond donors (Lipinski definition) is 1. The molecule has 6 nitrogen and oxygen atoms in total. The number of amides is 1. The number of nitrogens with one attached hydrogen (secondary N) is 1. The lowest BCUT2D eigenvalue weighted by Gasteiger charge is -2.41. The van der Waals surface area contributed by atoms with Gasteiger partial charge in [-0.2, -0.15) is 0 Å². The summed E-state index contributed by atoms with van der Waals surface area (Å²) < 4.78 is 9.99. The van der Waals surface area contributed by atoms with E-state index in [2.05, 4.69) is 17.3 Å². The Balaban J connectivity index is 1.79. The molecule has 2 fully saturated rings. The molecular weight excluding hydrogens is 320 g/mol. The van der Waals surface area contributed by atoms with E-state index >= 15 is 0 Å². The van der Waals surface area contributed by atoms with E-state index in [0.717, 1.165) is 24.8 Å². The Morgan fingerprint density at radius 1 is 1.24 bits per heavy atom. The number of rotatable bonds is 4. The van der Waals surface area contributed by atoms with Crippen molar-refractivity contribution in [2.75, 3.05) is 26.1 Å². The van der Waals surface area contributed by atoms with Crippen molar-refractivity contribution in [2.45, 2.75) is 44.2 Å². The fraction of sp³-hybridized carbons (Fsp3) is 0.579. The molecule has 6 heteroatoms. The van der Waals surface area contributed by atoms with Crippen LogP contribution in [0.2, 0.25) is 0 Å². The average molecular weight is 346 g/mol. The maximum Gasteiger partial charge on any atom is 0.411 e. The van der Waals surface area contributed by atoms with Gasteiger partial charge in [-0.25, -0.2) is 4.79 Å². The Labute approximate surface area is 148 Å². The summed E-state index contributed by atoms with van der Waals surface area (Å²) in [6, 6.07) is 8.48. The van der Waals surface area contributed by atoms with E-state index in [0.29, 0.717) is 18.3 Å². The third-order valence-corrected chi connectivity index (χ3v) is 5.60. The molecule has 2 heterocycles. The highest BCUT2D eigenvalue weighted by molar-refractivity contribution is 5.84. The summed E-state index contributed by atoms with van der Waals surface area (Å²) in [4.78, 5) is 26.3. The standard InChI is InChI=1S/C19H26N2O4/c1-4-25-19(23)20-13-7-5-12(6-8-13)15-11-14-9-10-16(21(14)2)17(15)18(22)24-3/h5-8,14-17H,4,9-11H2,1-3H3,(H,20,23)/t14-,15-,16?,17+/m1/s1. The van der Waals surface area contributed by atoms with Gasteiger partial charge in [-0.15, -0.1) is 0 Å². The van der Waals surface area contributed by atoms with E-state index in [-0.39, 0.29) is 23.8 Å². The third-order valence-electron chi connectivity index (χ3n) is 5.60. The molecule has 1 N–H and O–H groups in total. The fourth-order valence-corrected chi connectivity index (χ4v) is 4.37. The Kier molecular flexibility index (Phi) is 5.27. The van der Waals surface area contributed by atoms with Gasteiger partial charge in [-0.3, -0.25) is 15.0 Å². The Morgan fingerprint density at radius 3 is 2.60 bits per heavy atom. The summed E-state index contributed by atoms with van der Waals surface area (Å²) in [6.07, 6.45) is 2.67. The molecule has 136 valence electrons. The molecule has 1 aromatic carbocycles. The molecule has 25 heavy (non-hydrogen) atoms. The summed E-state index contributed by atoms with van der Waals surface area (Å²) in [5.74, 6) is -0.119.